The maximum absolute atomic E-state index is 12.5. The van der Waals surface area contributed by atoms with Crippen molar-refractivity contribution in [3.05, 3.63) is 70.7 Å². The van der Waals surface area contributed by atoms with E-state index in [-0.39, 0.29) is 5.91 Å². The van der Waals surface area contributed by atoms with E-state index in [1.165, 1.54) is 6.92 Å². The summed E-state index contributed by atoms with van der Waals surface area (Å²) in [4.78, 5) is 28.7. The third-order valence-electron chi connectivity index (χ3n) is 3.35. The van der Waals surface area contributed by atoms with Crippen LogP contribution in [-0.4, -0.2) is 16.9 Å². The third kappa shape index (κ3) is 4.93. The maximum Gasteiger partial charge on any atom is 0.344 e. The van der Waals surface area contributed by atoms with Gasteiger partial charge in [0, 0.05) is 28.6 Å². The number of benzene rings is 2. The summed E-state index contributed by atoms with van der Waals surface area (Å²) in [5, 5.41) is 4.66. The number of esters is 1. The van der Waals surface area contributed by atoms with Gasteiger partial charge in [0.2, 0.25) is 5.91 Å². The molecule has 0 fully saturated rings. The van der Waals surface area contributed by atoms with Gasteiger partial charge in [-0.3, -0.25) is 4.79 Å². The highest BCUT2D eigenvalue weighted by atomic mass is 32.2. The molecule has 132 valence electrons. The molecule has 0 bridgehead atoms. The molecule has 0 aliphatic rings. The average molecular weight is 384 g/mol. The van der Waals surface area contributed by atoms with E-state index in [4.69, 9.17) is 4.74 Å². The van der Waals surface area contributed by atoms with E-state index < -0.39 is 5.97 Å². The van der Waals surface area contributed by atoms with Gasteiger partial charge in [0.25, 0.3) is 0 Å². The number of amides is 1. The number of ether oxygens (including phenoxy) is 1. The summed E-state index contributed by atoms with van der Waals surface area (Å²) in [7, 11) is 0. The number of hydrogen-bond acceptors (Lipinski definition) is 6. The van der Waals surface area contributed by atoms with Crippen molar-refractivity contribution in [1.82, 2.24) is 4.98 Å². The number of carbonyl (C=O) groups is 2. The number of nitrogens with one attached hydrogen (secondary N) is 1. The van der Waals surface area contributed by atoms with Crippen LogP contribution < -0.4 is 10.1 Å². The molecule has 0 atom stereocenters. The standard InChI is InChI=1S/C19H16N2O3S2/c1-13(22)21-14-6-8-16(9-7-14)24-19(23)17-4-2-3-5-18(17)26-11-15-10-25-12-20-15/h2-10,12H,11H2,1H3,(H,21,22). The van der Waals surface area contributed by atoms with E-state index in [1.807, 2.05) is 23.6 Å². The van der Waals surface area contributed by atoms with Gasteiger partial charge in [0.1, 0.15) is 5.75 Å². The summed E-state index contributed by atoms with van der Waals surface area (Å²) in [6.45, 7) is 1.44. The number of thiazole rings is 1. The average Bonchev–Trinajstić information content (AvgIpc) is 3.15. The number of thioether (sulfide) groups is 1. The molecular formula is C19H16N2O3S2. The first-order valence-electron chi connectivity index (χ1n) is 7.80. The second-order valence-electron chi connectivity index (χ2n) is 5.36. The van der Waals surface area contributed by atoms with E-state index in [1.54, 1.807) is 58.9 Å². The number of anilines is 1. The van der Waals surface area contributed by atoms with Crippen LogP contribution in [0.4, 0.5) is 5.69 Å². The van der Waals surface area contributed by atoms with E-state index in [9.17, 15) is 9.59 Å². The fourth-order valence-electron chi connectivity index (χ4n) is 2.19. The minimum Gasteiger partial charge on any atom is -0.423 e. The quantitative estimate of drug-likeness (QED) is 0.382. The smallest absolute Gasteiger partial charge is 0.344 e. The number of aromatic nitrogens is 1. The molecule has 0 spiro atoms. The van der Waals surface area contributed by atoms with Gasteiger partial charge in [-0.05, 0) is 36.4 Å². The first kappa shape index (κ1) is 18.2. The lowest BCUT2D eigenvalue weighted by Gasteiger charge is -2.09. The largest absolute Gasteiger partial charge is 0.423 e. The number of carbonyl (C=O) groups excluding carboxylic acids is 2. The molecule has 0 aliphatic carbocycles. The molecule has 5 nitrogen and oxygen atoms in total. The lowest BCUT2D eigenvalue weighted by atomic mass is 10.2. The fraction of sp³-hybridized carbons (Fsp3) is 0.105. The highest BCUT2D eigenvalue weighted by Gasteiger charge is 2.14. The Hall–Kier alpha value is -2.64. The van der Waals surface area contributed by atoms with Crippen LogP contribution in [0.15, 0.2) is 64.3 Å². The highest BCUT2D eigenvalue weighted by molar-refractivity contribution is 7.98. The van der Waals surface area contributed by atoms with E-state index in [2.05, 4.69) is 10.3 Å². The van der Waals surface area contributed by atoms with Crippen molar-refractivity contribution in [1.29, 1.82) is 0 Å². The molecule has 0 unspecified atom stereocenters. The zero-order chi connectivity index (χ0) is 18.4. The number of hydrogen-bond donors (Lipinski definition) is 1. The van der Waals surface area contributed by atoms with Crippen molar-refractivity contribution >= 4 is 40.7 Å². The Morgan fingerprint density at radius 2 is 1.92 bits per heavy atom. The molecule has 7 heteroatoms. The van der Waals surface area contributed by atoms with Crippen LogP contribution in [0.2, 0.25) is 0 Å². The Labute approximate surface area is 159 Å². The van der Waals surface area contributed by atoms with Gasteiger partial charge in [-0.25, -0.2) is 9.78 Å². The summed E-state index contributed by atoms with van der Waals surface area (Å²) < 4.78 is 5.46. The predicted octanol–water partition coefficient (Wildman–Crippen LogP) is 4.61. The topological polar surface area (TPSA) is 68.3 Å². The molecule has 1 amide bonds. The molecule has 0 saturated heterocycles. The molecule has 0 aliphatic heterocycles. The molecular weight excluding hydrogens is 368 g/mol. The van der Waals surface area contributed by atoms with Crippen molar-refractivity contribution in [2.75, 3.05) is 5.32 Å². The first-order valence-corrected chi connectivity index (χ1v) is 9.73. The van der Waals surface area contributed by atoms with E-state index in [0.29, 0.717) is 22.8 Å². The predicted molar refractivity (Wildman–Crippen MR) is 104 cm³/mol. The molecule has 0 saturated carbocycles. The fourth-order valence-corrected chi connectivity index (χ4v) is 3.80. The van der Waals surface area contributed by atoms with Gasteiger partial charge in [0.15, 0.2) is 0 Å². The van der Waals surface area contributed by atoms with Gasteiger partial charge in [-0.1, -0.05) is 12.1 Å². The van der Waals surface area contributed by atoms with Gasteiger partial charge in [-0.2, -0.15) is 0 Å². The van der Waals surface area contributed by atoms with Crippen LogP contribution in [0.25, 0.3) is 0 Å². The highest BCUT2D eigenvalue weighted by Crippen LogP contribution is 2.27. The molecule has 3 aromatic rings. The summed E-state index contributed by atoms with van der Waals surface area (Å²) in [5.74, 6) is 0.544. The minimum absolute atomic E-state index is 0.152. The van der Waals surface area contributed by atoms with Crippen molar-refractivity contribution in [3.63, 3.8) is 0 Å². The second-order valence-corrected chi connectivity index (χ2v) is 7.10. The maximum atomic E-state index is 12.5. The lowest BCUT2D eigenvalue weighted by Crippen LogP contribution is -2.10. The van der Waals surface area contributed by atoms with Crippen LogP contribution in [-0.2, 0) is 10.5 Å². The Morgan fingerprint density at radius 3 is 2.62 bits per heavy atom. The van der Waals surface area contributed by atoms with Crippen molar-refractivity contribution in [2.45, 2.75) is 17.6 Å². The number of nitrogens with zero attached hydrogens (tertiary/aromatic N) is 1. The summed E-state index contributed by atoms with van der Waals surface area (Å²) in [6, 6.07) is 14.0. The molecule has 1 heterocycles. The molecule has 3 rings (SSSR count). The van der Waals surface area contributed by atoms with Gasteiger partial charge < -0.3 is 10.1 Å². The SMILES string of the molecule is CC(=O)Nc1ccc(OC(=O)c2ccccc2SCc2cscn2)cc1. The normalized spacial score (nSPS) is 10.3. The summed E-state index contributed by atoms with van der Waals surface area (Å²) in [6.07, 6.45) is 0. The van der Waals surface area contributed by atoms with Gasteiger partial charge >= 0.3 is 5.97 Å². The van der Waals surface area contributed by atoms with Crippen LogP contribution in [0, 0.1) is 0 Å². The Kier molecular flexibility index (Phi) is 6.04. The van der Waals surface area contributed by atoms with Gasteiger partial charge in [0.05, 0.1) is 16.8 Å². The van der Waals surface area contributed by atoms with Crippen molar-refractivity contribution < 1.29 is 14.3 Å². The molecule has 1 aromatic heterocycles. The molecule has 26 heavy (non-hydrogen) atoms. The van der Waals surface area contributed by atoms with Crippen molar-refractivity contribution in [2.24, 2.45) is 0 Å². The lowest BCUT2D eigenvalue weighted by molar-refractivity contribution is -0.114. The summed E-state index contributed by atoms with van der Waals surface area (Å²) >= 11 is 3.10. The van der Waals surface area contributed by atoms with Gasteiger partial charge in [-0.15, -0.1) is 23.1 Å². The minimum atomic E-state index is -0.418. The van der Waals surface area contributed by atoms with Crippen LogP contribution in [0.5, 0.6) is 5.75 Å². The third-order valence-corrected chi connectivity index (χ3v) is 5.09. The first-order chi connectivity index (χ1) is 12.6. The molecule has 1 N–H and O–H groups in total. The summed E-state index contributed by atoms with van der Waals surface area (Å²) in [5.41, 5.74) is 3.94. The monoisotopic (exact) mass is 384 g/mol. The second kappa shape index (κ2) is 8.64. The Balaban J connectivity index is 1.68. The van der Waals surface area contributed by atoms with Crippen LogP contribution >= 0.6 is 23.1 Å². The zero-order valence-corrected chi connectivity index (χ0v) is 15.6. The van der Waals surface area contributed by atoms with E-state index >= 15 is 0 Å². The number of rotatable bonds is 6. The van der Waals surface area contributed by atoms with Crippen molar-refractivity contribution in [3.8, 4) is 5.75 Å². The Bertz CT molecular complexity index is 893. The zero-order valence-electron chi connectivity index (χ0n) is 14.0. The van der Waals surface area contributed by atoms with Crippen LogP contribution in [0.3, 0.4) is 0 Å². The molecule has 2 aromatic carbocycles. The van der Waals surface area contributed by atoms with Crippen LogP contribution in [0.1, 0.15) is 23.0 Å². The van der Waals surface area contributed by atoms with E-state index in [0.717, 1.165) is 10.6 Å². The molecule has 0 radical (unpaired) electrons. The Morgan fingerprint density at radius 1 is 1.15 bits per heavy atom.